The molecule has 0 atom stereocenters. The molecule has 0 aliphatic rings. The number of hydrogen-bond donors (Lipinski definition) is 2. The number of unbranched alkanes of at least 4 members (excludes halogenated alkanes) is 2. The van der Waals surface area contributed by atoms with Crippen molar-refractivity contribution < 1.29 is 10.2 Å². The summed E-state index contributed by atoms with van der Waals surface area (Å²) in [4.78, 5) is 9.18. The Morgan fingerprint density at radius 1 is 0.667 bits per heavy atom. The fourth-order valence-corrected chi connectivity index (χ4v) is 5.00. The van der Waals surface area contributed by atoms with Gasteiger partial charge in [-0.25, -0.2) is 0 Å². The summed E-state index contributed by atoms with van der Waals surface area (Å²) in [6, 6.07) is 8.45. The van der Waals surface area contributed by atoms with E-state index in [1.54, 1.807) is 12.4 Å². The van der Waals surface area contributed by atoms with Gasteiger partial charge in [0.15, 0.2) is 0 Å². The first-order chi connectivity index (χ1) is 18.1. The van der Waals surface area contributed by atoms with Crippen LogP contribution in [-0.2, 0) is 16.2 Å². The largest absolute Gasteiger partial charge is 0.507 e. The molecule has 0 heterocycles. The third-order valence-corrected chi connectivity index (χ3v) is 7.82. The molecule has 0 aliphatic heterocycles. The van der Waals surface area contributed by atoms with Crippen molar-refractivity contribution in [1.82, 2.24) is 0 Å². The van der Waals surface area contributed by atoms with E-state index in [9.17, 15) is 10.2 Å². The maximum atomic E-state index is 11.0. The first kappa shape index (κ1) is 32.6. The van der Waals surface area contributed by atoms with Crippen molar-refractivity contribution in [2.24, 2.45) is 9.98 Å². The Morgan fingerprint density at radius 2 is 1.15 bits per heavy atom. The number of aromatic hydroxyl groups is 2. The van der Waals surface area contributed by atoms with Crippen molar-refractivity contribution >= 4 is 12.4 Å². The first-order valence-corrected chi connectivity index (χ1v) is 14.9. The van der Waals surface area contributed by atoms with Gasteiger partial charge in [0.2, 0.25) is 0 Å². The highest BCUT2D eigenvalue weighted by molar-refractivity contribution is 5.85. The molecule has 0 radical (unpaired) electrons. The molecule has 2 rings (SSSR count). The minimum absolute atomic E-state index is 0.0294. The number of nitrogens with zero attached hydrogens (tertiary/aromatic N) is 2. The molecule has 2 N–H and O–H groups in total. The average molecular weight is 535 g/mol. The van der Waals surface area contributed by atoms with Crippen molar-refractivity contribution in [2.75, 3.05) is 13.1 Å². The van der Waals surface area contributed by atoms with Crippen LogP contribution >= 0.6 is 0 Å². The van der Waals surface area contributed by atoms with E-state index in [-0.39, 0.29) is 16.2 Å². The van der Waals surface area contributed by atoms with Gasteiger partial charge in [0.05, 0.1) is 13.1 Å². The van der Waals surface area contributed by atoms with Crippen LogP contribution in [0.1, 0.15) is 134 Å². The predicted octanol–water partition coefficient (Wildman–Crippen LogP) is 9.18. The molecule has 4 nitrogen and oxygen atoms in total. The molecule has 0 bridgehead atoms. The van der Waals surface area contributed by atoms with Gasteiger partial charge in [0, 0.05) is 29.1 Å². The summed E-state index contributed by atoms with van der Waals surface area (Å²) in [6.07, 6.45) is 10.6. The lowest BCUT2D eigenvalue weighted by Crippen LogP contribution is -2.22. The second kappa shape index (κ2) is 13.6. The SMILES string of the molecule is CCCCC(C)(CCCC)c1cc(C)c(O)c(C=NCCN=Cc2cc(C(C)(C)C)cc(C(C)(C)C)c2O)c1. The zero-order valence-corrected chi connectivity index (χ0v) is 26.4. The Hall–Kier alpha value is -2.62. The van der Waals surface area contributed by atoms with Crippen molar-refractivity contribution in [3.8, 4) is 11.5 Å². The number of phenols is 2. The molecule has 0 unspecified atom stereocenters. The summed E-state index contributed by atoms with van der Waals surface area (Å²) in [5.41, 5.74) is 5.74. The lowest BCUT2D eigenvalue weighted by atomic mass is 9.73. The summed E-state index contributed by atoms with van der Waals surface area (Å²) in [6.45, 7) is 22.8. The zero-order chi connectivity index (χ0) is 29.4. The number of hydrogen-bond acceptors (Lipinski definition) is 4. The second-order valence-corrected chi connectivity index (χ2v) is 13.5. The molecule has 2 aromatic rings. The summed E-state index contributed by atoms with van der Waals surface area (Å²) in [5.74, 6) is 0.604. The van der Waals surface area contributed by atoms with Gasteiger partial charge in [-0.15, -0.1) is 0 Å². The molecule has 0 fully saturated rings. The topological polar surface area (TPSA) is 65.2 Å². The van der Waals surface area contributed by atoms with Crippen LogP contribution in [0.15, 0.2) is 34.3 Å². The number of aryl methyl sites for hydroxylation is 1. The Labute approximate surface area is 238 Å². The Bertz CT molecular complexity index is 1140. The average Bonchev–Trinajstić information content (AvgIpc) is 2.85. The van der Waals surface area contributed by atoms with Crippen LogP contribution in [0.2, 0.25) is 0 Å². The maximum absolute atomic E-state index is 11.0. The highest BCUT2D eigenvalue weighted by atomic mass is 16.3. The standard InChI is InChI=1S/C35H54N2O2/c1-11-13-15-35(10,16-14-12-2)29-19-25(3)31(38)26(21-29)23-36-17-18-37-24-27-20-28(33(4,5)6)22-30(32(27)39)34(7,8)9/h19-24,38-39H,11-18H2,1-10H3. The molecule has 0 saturated carbocycles. The Kier molecular flexibility index (Phi) is 11.4. The Balaban J connectivity index is 2.23. The third-order valence-electron chi connectivity index (χ3n) is 7.82. The lowest BCUT2D eigenvalue weighted by Gasteiger charge is -2.31. The summed E-state index contributed by atoms with van der Waals surface area (Å²) < 4.78 is 0. The monoisotopic (exact) mass is 534 g/mol. The van der Waals surface area contributed by atoms with Crippen molar-refractivity contribution in [2.45, 2.75) is 124 Å². The third kappa shape index (κ3) is 8.95. The molecular weight excluding hydrogens is 480 g/mol. The van der Waals surface area contributed by atoms with E-state index in [0.717, 1.165) is 35.1 Å². The fraction of sp³-hybridized carbons (Fsp3) is 0.600. The zero-order valence-electron chi connectivity index (χ0n) is 26.4. The number of rotatable bonds is 12. The molecule has 2 aromatic carbocycles. The number of aliphatic imine (C=N–C) groups is 2. The van der Waals surface area contributed by atoms with Gasteiger partial charge in [-0.3, -0.25) is 9.98 Å². The molecular formula is C35H54N2O2. The van der Waals surface area contributed by atoms with E-state index in [1.165, 1.54) is 36.8 Å². The summed E-state index contributed by atoms with van der Waals surface area (Å²) >= 11 is 0. The van der Waals surface area contributed by atoms with E-state index in [2.05, 4.69) is 90.5 Å². The molecule has 0 amide bonds. The van der Waals surface area contributed by atoms with Gasteiger partial charge in [0.25, 0.3) is 0 Å². The van der Waals surface area contributed by atoms with Gasteiger partial charge in [0.1, 0.15) is 11.5 Å². The predicted molar refractivity (Wildman–Crippen MR) is 170 cm³/mol. The van der Waals surface area contributed by atoms with Crippen molar-refractivity contribution in [3.05, 3.63) is 57.6 Å². The van der Waals surface area contributed by atoms with Crippen LogP contribution in [0.4, 0.5) is 0 Å². The highest BCUT2D eigenvalue weighted by Gasteiger charge is 2.27. The summed E-state index contributed by atoms with van der Waals surface area (Å²) in [5, 5.41) is 21.7. The van der Waals surface area contributed by atoms with E-state index < -0.39 is 0 Å². The normalized spacial score (nSPS) is 13.2. The van der Waals surface area contributed by atoms with Crippen LogP contribution < -0.4 is 0 Å². The van der Waals surface area contributed by atoms with Crippen LogP contribution in [0.25, 0.3) is 0 Å². The van der Waals surface area contributed by atoms with Crippen LogP contribution in [0.5, 0.6) is 11.5 Å². The minimum Gasteiger partial charge on any atom is -0.507 e. The molecule has 0 aliphatic carbocycles. The van der Waals surface area contributed by atoms with Crippen LogP contribution in [0.3, 0.4) is 0 Å². The summed E-state index contributed by atoms with van der Waals surface area (Å²) in [7, 11) is 0. The van der Waals surface area contributed by atoms with E-state index in [4.69, 9.17) is 0 Å². The smallest absolute Gasteiger partial charge is 0.128 e. The van der Waals surface area contributed by atoms with E-state index in [1.807, 2.05) is 13.0 Å². The fourth-order valence-electron chi connectivity index (χ4n) is 5.00. The molecule has 216 valence electrons. The molecule has 0 saturated heterocycles. The maximum Gasteiger partial charge on any atom is 0.128 e. The van der Waals surface area contributed by atoms with Gasteiger partial charge in [-0.2, -0.15) is 0 Å². The van der Waals surface area contributed by atoms with Gasteiger partial charge >= 0.3 is 0 Å². The minimum atomic E-state index is -0.171. The molecule has 4 heteroatoms. The van der Waals surface area contributed by atoms with E-state index >= 15 is 0 Å². The Morgan fingerprint density at radius 3 is 1.62 bits per heavy atom. The van der Waals surface area contributed by atoms with Gasteiger partial charge < -0.3 is 10.2 Å². The number of phenolic OH excluding ortho intramolecular Hbond substituents is 2. The molecule has 0 aromatic heterocycles. The van der Waals surface area contributed by atoms with Crippen LogP contribution in [-0.4, -0.2) is 35.7 Å². The van der Waals surface area contributed by atoms with Crippen molar-refractivity contribution in [3.63, 3.8) is 0 Å². The van der Waals surface area contributed by atoms with Gasteiger partial charge in [-0.1, -0.05) is 100 Å². The lowest BCUT2D eigenvalue weighted by molar-refractivity contribution is 0.373. The highest BCUT2D eigenvalue weighted by Crippen LogP contribution is 2.39. The molecule has 0 spiro atoms. The number of benzene rings is 2. The van der Waals surface area contributed by atoms with E-state index in [0.29, 0.717) is 24.6 Å². The van der Waals surface area contributed by atoms with Crippen LogP contribution in [0, 0.1) is 6.92 Å². The quantitative estimate of drug-likeness (QED) is 0.210. The van der Waals surface area contributed by atoms with Gasteiger partial charge in [-0.05, 0) is 64.8 Å². The second-order valence-electron chi connectivity index (χ2n) is 13.5. The van der Waals surface area contributed by atoms with Crippen molar-refractivity contribution in [1.29, 1.82) is 0 Å². The first-order valence-electron chi connectivity index (χ1n) is 14.9. The molecule has 39 heavy (non-hydrogen) atoms.